The number of aromatic hydroxyl groups is 1. The van der Waals surface area contributed by atoms with Crippen LogP contribution in [0.3, 0.4) is 0 Å². The molecule has 0 heterocycles. The summed E-state index contributed by atoms with van der Waals surface area (Å²) in [5.74, 6) is -3.42. The molecule has 1 rings (SSSR count). The number of carboxylic acid groups (broad SMARTS) is 1. The second-order valence-corrected chi connectivity index (χ2v) is 9.43. The number of phenols is 1. The molecular weight excluding hydrogens is 484 g/mol. The van der Waals surface area contributed by atoms with E-state index in [-0.39, 0.29) is 31.1 Å². The first-order valence-electron chi connectivity index (χ1n) is 12.0. The number of carbonyl (C=O) groups excluding carboxylic acids is 4. The predicted octanol–water partition coefficient (Wildman–Crippen LogP) is -0.451. The zero-order chi connectivity index (χ0) is 28.3. The molecule has 5 atom stereocenters. The maximum atomic E-state index is 13.1. The van der Waals surface area contributed by atoms with Crippen LogP contribution in [0.4, 0.5) is 0 Å². The Morgan fingerprint density at radius 1 is 1.03 bits per heavy atom. The lowest BCUT2D eigenvalue weighted by Crippen LogP contribution is -2.58. The lowest BCUT2D eigenvalue weighted by Gasteiger charge is -2.34. The van der Waals surface area contributed by atoms with Crippen LogP contribution in [0.15, 0.2) is 24.3 Å². The number of nitrogens with one attached hydrogen (secondary N) is 2. The summed E-state index contributed by atoms with van der Waals surface area (Å²) < 4.78 is 0. The second kappa shape index (κ2) is 14.9. The molecule has 0 saturated carbocycles. The van der Waals surface area contributed by atoms with Gasteiger partial charge in [-0.05, 0) is 43.9 Å². The number of phenolic OH excluding ortho intramolecular Hbond substituents is 1. The zero-order valence-corrected chi connectivity index (χ0v) is 21.6. The zero-order valence-electron chi connectivity index (χ0n) is 21.6. The molecule has 206 valence electrons. The van der Waals surface area contributed by atoms with Crippen LogP contribution >= 0.6 is 0 Å². The molecule has 0 spiro atoms. The maximum Gasteiger partial charge on any atom is 0.305 e. The molecule has 0 fully saturated rings. The Kier molecular flexibility index (Phi) is 12.7. The number of aliphatic hydroxyl groups is 1. The summed E-state index contributed by atoms with van der Waals surface area (Å²) in [4.78, 5) is 62.2. The Morgan fingerprint density at radius 2 is 1.62 bits per heavy atom. The lowest BCUT2D eigenvalue weighted by molar-refractivity contribution is -0.144. The molecule has 37 heavy (non-hydrogen) atoms. The number of rotatable bonds is 15. The van der Waals surface area contributed by atoms with Crippen molar-refractivity contribution in [3.05, 3.63) is 29.8 Å². The van der Waals surface area contributed by atoms with E-state index >= 15 is 0 Å². The van der Waals surface area contributed by atoms with E-state index in [4.69, 9.17) is 5.73 Å². The van der Waals surface area contributed by atoms with Crippen molar-refractivity contribution in [2.75, 3.05) is 6.54 Å². The van der Waals surface area contributed by atoms with E-state index in [1.807, 2.05) is 0 Å². The van der Waals surface area contributed by atoms with Crippen molar-refractivity contribution in [3.63, 3.8) is 0 Å². The van der Waals surface area contributed by atoms with Gasteiger partial charge in [0.15, 0.2) is 0 Å². The fourth-order valence-electron chi connectivity index (χ4n) is 3.72. The third kappa shape index (κ3) is 10.6. The molecular formula is C25H38N4O8. The normalized spacial score (nSPS) is 15.1. The van der Waals surface area contributed by atoms with Crippen molar-refractivity contribution in [3.8, 4) is 5.75 Å². The van der Waals surface area contributed by atoms with Gasteiger partial charge in [0.1, 0.15) is 24.1 Å². The standard InChI is InChI=1S/C25H38N4O8/c1-14(2)22(28-23(35)20(26)11-17-5-7-19(32)8-6-17)24(36)27-16(4)25(37)29(13-15(3)31)18(9-10-30)12-21(33)34/h5-8,10,14-16,18,20,22,31-32H,9,11-13,26H2,1-4H3,(H,27,36)(H,28,35)(H,33,34)/t15?,16-,18+,20-,22-/m0/s1. The molecule has 0 bridgehead atoms. The van der Waals surface area contributed by atoms with Crippen LogP contribution in [0.5, 0.6) is 5.75 Å². The van der Waals surface area contributed by atoms with Crippen LogP contribution in [-0.2, 0) is 30.4 Å². The largest absolute Gasteiger partial charge is 0.508 e. The molecule has 0 aliphatic rings. The number of nitrogens with zero attached hydrogens (tertiary/aromatic N) is 1. The van der Waals surface area contributed by atoms with Gasteiger partial charge in [0.2, 0.25) is 17.7 Å². The minimum absolute atomic E-state index is 0.0782. The van der Waals surface area contributed by atoms with Gasteiger partial charge in [-0.1, -0.05) is 26.0 Å². The highest BCUT2D eigenvalue weighted by Gasteiger charge is 2.33. The smallest absolute Gasteiger partial charge is 0.305 e. The summed E-state index contributed by atoms with van der Waals surface area (Å²) in [5.41, 5.74) is 6.72. The van der Waals surface area contributed by atoms with Crippen molar-refractivity contribution < 1.29 is 39.3 Å². The summed E-state index contributed by atoms with van der Waals surface area (Å²) in [5, 5.41) is 33.5. The quantitative estimate of drug-likeness (QED) is 0.165. The Bertz CT molecular complexity index is 935. The van der Waals surface area contributed by atoms with E-state index < -0.39 is 60.4 Å². The summed E-state index contributed by atoms with van der Waals surface area (Å²) >= 11 is 0. The van der Waals surface area contributed by atoms with Crippen LogP contribution < -0.4 is 16.4 Å². The molecule has 12 nitrogen and oxygen atoms in total. The van der Waals surface area contributed by atoms with E-state index in [1.54, 1.807) is 26.0 Å². The Balaban J connectivity index is 2.94. The molecule has 0 radical (unpaired) electrons. The van der Waals surface area contributed by atoms with Gasteiger partial charge in [0, 0.05) is 19.0 Å². The molecule has 1 unspecified atom stereocenters. The highest BCUT2D eigenvalue weighted by atomic mass is 16.4. The van der Waals surface area contributed by atoms with Gasteiger partial charge in [0.25, 0.3) is 0 Å². The summed E-state index contributed by atoms with van der Waals surface area (Å²) in [6.07, 6.45) is -1.11. The Hall–Kier alpha value is -3.51. The topological polar surface area (TPSA) is 199 Å². The monoisotopic (exact) mass is 522 g/mol. The average molecular weight is 523 g/mol. The number of aliphatic carboxylic acids is 1. The van der Waals surface area contributed by atoms with Crippen LogP contribution in [0.25, 0.3) is 0 Å². The van der Waals surface area contributed by atoms with Gasteiger partial charge < -0.3 is 41.4 Å². The maximum absolute atomic E-state index is 13.1. The van der Waals surface area contributed by atoms with Gasteiger partial charge in [-0.15, -0.1) is 0 Å². The summed E-state index contributed by atoms with van der Waals surface area (Å²) in [7, 11) is 0. The number of nitrogens with two attached hydrogens (primary N) is 1. The van der Waals surface area contributed by atoms with Crippen LogP contribution in [0.2, 0.25) is 0 Å². The summed E-state index contributed by atoms with van der Waals surface area (Å²) in [6.45, 7) is 5.98. The van der Waals surface area contributed by atoms with Gasteiger partial charge in [-0.3, -0.25) is 19.2 Å². The highest BCUT2D eigenvalue weighted by molar-refractivity contribution is 5.93. The molecule has 1 aromatic carbocycles. The molecule has 3 amide bonds. The number of amides is 3. The lowest BCUT2D eigenvalue weighted by atomic mass is 10.0. The Morgan fingerprint density at radius 3 is 2.11 bits per heavy atom. The molecule has 12 heteroatoms. The van der Waals surface area contributed by atoms with E-state index in [2.05, 4.69) is 10.6 Å². The van der Waals surface area contributed by atoms with Crippen LogP contribution in [0, 0.1) is 5.92 Å². The van der Waals surface area contributed by atoms with Crippen molar-refractivity contribution >= 4 is 30.0 Å². The number of aldehydes is 1. The summed E-state index contributed by atoms with van der Waals surface area (Å²) in [6, 6.07) is 2.06. The van der Waals surface area contributed by atoms with Crippen molar-refractivity contribution in [2.45, 2.75) is 77.2 Å². The number of hydrogen-bond acceptors (Lipinski definition) is 8. The van der Waals surface area contributed by atoms with Crippen LogP contribution in [0.1, 0.15) is 46.1 Å². The van der Waals surface area contributed by atoms with Gasteiger partial charge >= 0.3 is 5.97 Å². The number of benzene rings is 1. The van der Waals surface area contributed by atoms with Crippen molar-refractivity contribution in [2.24, 2.45) is 11.7 Å². The minimum Gasteiger partial charge on any atom is -0.508 e. The fraction of sp³-hybridized carbons (Fsp3) is 0.560. The van der Waals surface area contributed by atoms with Gasteiger partial charge in [0.05, 0.1) is 18.6 Å². The van der Waals surface area contributed by atoms with E-state index in [9.17, 15) is 39.3 Å². The third-order valence-electron chi connectivity index (χ3n) is 5.67. The fourth-order valence-corrected chi connectivity index (χ4v) is 3.72. The van der Waals surface area contributed by atoms with Crippen LogP contribution in [-0.4, -0.2) is 87.0 Å². The van der Waals surface area contributed by atoms with E-state index in [0.717, 1.165) is 10.5 Å². The minimum atomic E-state index is -1.22. The molecule has 0 aliphatic heterocycles. The predicted molar refractivity (Wildman–Crippen MR) is 134 cm³/mol. The molecule has 0 saturated heterocycles. The number of hydrogen-bond donors (Lipinski definition) is 6. The SMILES string of the molecule is CC(O)CN(C(=O)[C@H](C)NC(=O)[C@@H](NC(=O)[C@@H](N)Cc1ccc(O)cc1)C(C)C)[C@H](CC=O)CC(=O)O. The second-order valence-electron chi connectivity index (χ2n) is 9.43. The molecule has 0 aliphatic carbocycles. The highest BCUT2D eigenvalue weighted by Crippen LogP contribution is 2.13. The molecule has 1 aromatic rings. The van der Waals surface area contributed by atoms with Crippen molar-refractivity contribution in [1.82, 2.24) is 15.5 Å². The molecule has 7 N–H and O–H groups in total. The van der Waals surface area contributed by atoms with Crippen molar-refractivity contribution in [1.29, 1.82) is 0 Å². The van der Waals surface area contributed by atoms with Gasteiger partial charge in [-0.25, -0.2) is 0 Å². The Labute approximate surface area is 216 Å². The van der Waals surface area contributed by atoms with E-state index in [1.165, 1.54) is 26.0 Å². The van der Waals surface area contributed by atoms with E-state index in [0.29, 0.717) is 6.29 Å². The molecule has 0 aromatic heterocycles. The number of aliphatic hydroxyl groups excluding tert-OH is 1. The first kappa shape index (κ1) is 31.5. The first-order valence-corrected chi connectivity index (χ1v) is 12.0. The number of carboxylic acids is 1. The first-order chi connectivity index (χ1) is 17.3. The number of carbonyl (C=O) groups is 5. The van der Waals surface area contributed by atoms with Gasteiger partial charge in [-0.2, -0.15) is 0 Å². The third-order valence-corrected chi connectivity index (χ3v) is 5.67. The average Bonchev–Trinajstić information content (AvgIpc) is 2.80.